The molecule has 0 heterocycles. The van der Waals surface area contributed by atoms with E-state index >= 15 is 0 Å². The molecule has 0 bridgehead atoms. The van der Waals surface area contributed by atoms with E-state index in [1.54, 1.807) is 0 Å². The Kier molecular flexibility index (Phi) is 5.71. The molecule has 0 aliphatic rings. The highest BCUT2D eigenvalue weighted by atomic mass is 14.9. The van der Waals surface area contributed by atoms with Crippen molar-refractivity contribution in [3.8, 4) is 0 Å². The monoisotopic (exact) mass is 393 g/mol. The molecular weight excluding hydrogens is 366 g/mol. The molecule has 0 saturated carbocycles. The van der Waals surface area contributed by atoms with Gasteiger partial charge in [-0.3, -0.25) is 0 Å². The van der Waals surface area contributed by atoms with Crippen LogP contribution in [0.25, 0.3) is 0 Å². The van der Waals surface area contributed by atoms with Crippen molar-refractivity contribution < 1.29 is 0 Å². The van der Waals surface area contributed by atoms with Crippen LogP contribution in [0.15, 0.2) is 91.0 Å². The number of aryl methyl sites for hydroxylation is 3. The van der Waals surface area contributed by atoms with E-state index in [2.05, 4.69) is 128 Å². The number of nitrogens with one attached hydrogen (secondary N) is 3. The van der Waals surface area contributed by atoms with E-state index in [9.17, 15) is 0 Å². The summed E-state index contributed by atoms with van der Waals surface area (Å²) in [6.07, 6.45) is 0. The average molecular weight is 394 g/mol. The third-order valence-electron chi connectivity index (χ3n) is 4.85. The molecule has 0 unspecified atom stereocenters. The standard InChI is InChI=1S/C27H27N3/c1-19-7-4-10-22(13-19)28-25-16-26(29-23-11-5-8-20(2)14-23)18-27(17-25)30-24-12-6-9-21(3)15-24/h4-18,28-30H,1-3H3. The highest BCUT2D eigenvalue weighted by Gasteiger charge is 2.05. The van der Waals surface area contributed by atoms with Crippen LogP contribution in [0.5, 0.6) is 0 Å². The second-order valence-electron chi connectivity index (χ2n) is 7.78. The van der Waals surface area contributed by atoms with Gasteiger partial charge in [0.1, 0.15) is 0 Å². The normalized spacial score (nSPS) is 10.5. The van der Waals surface area contributed by atoms with Crippen LogP contribution in [0.4, 0.5) is 34.1 Å². The molecule has 0 saturated heterocycles. The number of hydrogen-bond donors (Lipinski definition) is 3. The highest BCUT2D eigenvalue weighted by Crippen LogP contribution is 2.30. The molecule has 150 valence electrons. The maximum absolute atomic E-state index is 3.54. The third-order valence-corrected chi connectivity index (χ3v) is 4.85. The third kappa shape index (κ3) is 5.21. The Labute approximate surface area is 178 Å². The quantitative estimate of drug-likeness (QED) is 0.312. The van der Waals surface area contributed by atoms with Crippen LogP contribution in [0.1, 0.15) is 16.7 Å². The summed E-state index contributed by atoms with van der Waals surface area (Å²) in [6, 6.07) is 31.6. The molecule has 3 heteroatoms. The van der Waals surface area contributed by atoms with Crippen molar-refractivity contribution in [3.63, 3.8) is 0 Å². The van der Waals surface area contributed by atoms with Gasteiger partial charge < -0.3 is 16.0 Å². The molecule has 4 aromatic rings. The minimum absolute atomic E-state index is 1.02. The fourth-order valence-corrected chi connectivity index (χ4v) is 3.51. The number of rotatable bonds is 6. The van der Waals surface area contributed by atoms with E-state index in [1.165, 1.54) is 16.7 Å². The molecule has 4 aromatic carbocycles. The Morgan fingerprint density at radius 2 is 0.667 bits per heavy atom. The first kappa shape index (κ1) is 19.6. The zero-order valence-corrected chi connectivity index (χ0v) is 17.7. The molecule has 0 spiro atoms. The van der Waals surface area contributed by atoms with Gasteiger partial charge in [0.2, 0.25) is 0 Å². The second-order valence-corrected chi connectivity index (χ2v) is 7.78. The minimum Gasteiger partial charge on any atom is -0.355 e. The second kappa shape index (κ2) is 8.75. The zero-order valence-electron chi connectivity index (χ0n) is 17.7. The summed E-state index contributed by atoms with van der Waals surface area (Å²) in [5.74, 6) is 0. The lowest BCUT2D eigenvalue weighted by Gasteiger charge is -2.15. The van der Waals surface area contributed by atoms with Gasteiger partial charge in [-0.05, 0) is 92.1 Å². The molecule has 3 nitrogen and oxygen atoms in total. The van der Waals surface area contributed by atoms with Crippen molar-refractivity contribution in [1.29, 1.82) is 0 Å². The van der Waals surface area contributed by atoms with Crippen molar-refractivity contribution >= 4 is 34.1 Å². The van der Waals surface area contributed by atoms with Crippen molar-refractivity contribution in [3.05, 3.63) is 108 Å². The first-order valence-corrected chi connectivity index (χ1v) is 10.2. The summed E-state index contributed by atoms with van der Waals surface area (Å²) in [7, 11) is 0. The van der Waals surface area contributed by atoms with E-state index in [0.29, 0.717) is 0 Å². The first-order chi connectivity index (χ1) is 14.5. The van der Waals surface area contributed by atoms with E-state index in [0.717, 1.165) is 34.1 Å². The Hall–Kier alpha value is -3.72. The van der Waals surface area contributed by atoms with Crippen molar-refractivity contribution in [2.45, 2.75) is 20.8 Å². The van der Waals surface area contributed by atoms with Gasteiger partial charge in [0.05, 0.1) is 0 Å². The summed E-state index contributed by atoms with van der Waals surface area (Å²) >= 11 is 0. The fraction of sp³-hybridized carbons (Fsp3) is 0.111. The molecule has 4 rings (SSSR count). The van der Waals surface area contributed by atoms with Crippen molar-refractivity contribution in [2.75, 3.05) is 16.0 Å². The first-order valence-electron chi connectivity index (χ1n) is 10.2. The summed E-state index contributed by atoms with van der Waals surface area (Å²) in [4.78, 5) is 0. The molecule has 0 atom stereocenters. The molecule has 0 amide bonds. The average Bonchev–Trinajstić information content (AvgIpc) is 2.68. The van der Waals surface area contributed by atoms with Crippen LogP contribution in [0.3, 0.4) is 0 Å². The maximum Gasteiger partial charge on any atom is 0.0425 e. The van der Waals surface area contributed by atoms with Gasteiger partial charge in [0, 0.05) is 34.1 Å². The predicted octanol–water partition coefficient (Wildman–Crippen LogP) is 7.84. The largest absolute Gasteiger partial charge is 0.355 e. The summed E-state index contributed by atoms with van der Waals surface area (Å²) in [5.41, 5.74) is 9.97. The number of benzene rings is 4. The molecule has 3 N–H and O–H groups in total. The van der Waals surface area contributed by atoms with Gasteiger partial charge in [0.15, 0.2) is 0 Å². The lowest BCUT2D eigenvalue weighted by atomic mass is 10.1. The highest BCUT2D eigenvalue weighted by molar-refractivity contribution is 5.76. The van der Waals surface area contributed by atoms with Gasteiger partial charge in [-0.2, -0.15) is 0 Å². The number of anilines is 6. The van der Waals surface area contributed by atoms with E-state index in [1.807, 2.05) is 0 Å². The van der Waals surface area contributed by atoms with Crippen molar-refractivity contribution in [1.82, 2.24) is 0 Å². The van der Waals surface area contributed by atoms with Gasteiger partial charge in [-0.25, -0.2) is 0 Å². The molecule has 0 aliphatic heterocycles. The zero-order chi connectivity index (χ0) is 20.9. The predicted molar refractivity (Wildman–Crippen MR) is 130 cm³/mol. The minimum atomic E-state index is 1.02. The molecule has 30 heavy (non-hydrogen) atoms. The Bertz CT molecular complexity index is 1010. The summed E-state index contributed by atoms with van der Waals surface area (Å²) in [5, 5.41) is 10.6. The van der Waals surface area contributed by atoms with Crippen LogP contribution < -0.4 is 16.0 Å². The molecule has 0 aliphatic carbocycles. The topological polar surface area (TPSA) is 36.1 Å². The van der Waals surface area contributed by atoms with Crippen LogP contribution in [-0.4, -0.2) is 0 Å². The number of hydrogen-bond acceptors (Lipinski definition) is 3. The molecule has 0 radical (unpaired) electrons. The fourth-order valence-electron chi connectivity index (χ4n) is 3.51. The summed E-state index contributed by atoms with van der Waals surface area (Å²) < 4.78 is 0. The van der Waals surface area contributed by atoms with E-state index in [4.69, 9.17) is 0 Å². The maximum atomic E-state index is 3.54. The van der Waals surface area contributed by atoms with Crippen LogP contribution in [0, 0.1) is 20.8 Å². The van der Waals surface area contributed by atoms with Crippen LogP contribution >= 0.6 is 0 Å². The van der Waals surface area contributed by atoms with Gasteiger partial charge in [-0.15, -0.1) is 0 Å². The van der Waals surface area contributed by atoms with E-state index in [-0.39, 0.29) is 0 Å². The van der Waals surface area contributed by atoms with Crippen molar-refractivity contribution in [2.24, 2.45) is 0 Å². The van der Waals surface area contributed by atoms with Gasteiger partial charge in [-0.1, -0.05) is 36.4 Å². The lowest BCUT2D eigenvalue weighted by Crippen LogP contribution is -1.98. The van der Waals surface area contributed by atoms with Crippen LogP contribution in [0.2, 0.25) is 0 Å². The Balaban J connectivity index is 1.67. The Morgan fingerprint density at radius 1 is 0.367 bits per heavy atom. The smallest absolute Gasteiger partial charge is 0.0425 e. The SMILES string of the molecule is Cc1cccc(Nc2cc(Nc3cccc(C)c3)cc(Nc3cccc(C)c3)c2)c1. The summed E-state index contributed by atoms with van der Waals surface area (Å²) in [6.45, 7) is 6.31. The Morgan fingerprint density at radius 3 is 0.933 bits per heavy atom. The van der Waals surface area contributed by atoms with Crippen LogP contribution in [-0.2, 0) is 0 Å². The molecule has 0 aromatic heterocycles. The van der Waals surface area contributed by atoms with Gasteiger partial charge in [0.25, 0.3) is 0 Å². The van der Waals surface area contributed by atoms with Gasteiger partial charge >= 0.3 is 0 Å². The lowest BCUT2D eigenvalue weighted by molar-refractivity contribution is 1.42. The molecular formula is C27H27N3. The van der Waals surface area contributed by atoms with E-state index < -0.39 is 0 Å². The molecule has 0 fully saturated rings.